The van der Waals surface area contributed by atoms with Gasteiger partial charge in [0.1, 0.15) is 0 Å². The Kier molecular flexibility index (Phi) is 2.98. The van der Waals surface area contributed by atoms with Crippen molar-refractivity contribution in [2.24, 2.45) is 0 Å². The maximum atomic E-state index is 11.7. The van der Waals surface area contributed by atoms with E-state index in [-0.39, 0.29) is 5.91 Å². The normalized spacial score (nSPS) is 17.1. The van der Waals surface area contributed by atoms with E-state index in [4.69, 9.17) is 0 Å². The molecule has 1 fully saturated rings. The second kappa shape index (κ2) is 4.66. The predicted molar refractivity (Wildman–Crippen MR) is 75.7 cm³/mol. The molecule has 0 N–H and O–H groups in total. The van der Waals surface area contributed by atoms with Gasteiger partial charge in [-0.05, 0) is 19.2 Å². The molecule has 1 saturated heterocycles. The Morgan fingerprint density at radius 2 is 1.84 bits per heavy atom. The Hall–Kier alpha value is -1.88. The van der Waals surface area contributed by atoms with Crippen LogP contribution in [0.2, 0.25) is 0 Å². The first-order valence-electron chi connectivity index (χ1n) is 6.59. The number of nitrogens with zero attached hydrogens (tertiary/aromatic N) is 4. The van der Waals surface area contributed by atoms with Crippen LogP contribution in [0.5, 0.6) is 0 Å². The van der Waals surface area contributed by atoms with Gasteiger partial charge >= 0.3 is 0 Å². The van der Waals surface area contributed by atoms with Crippen molar-refractivity contribution in [2.75, 3.05) is 38.1 Å². The quantitative estimate of drug-likeness (QED) is 0.776. The average molecular weight is 258 g/mol. The lowest BCUT2D eigenvalue weighted by molar-refractivity contribution is 0.0927. The Labute approximate surface area is 112 Å². The minimum atomic E-state index is -0.0448. The number of carbonyl (C=O) groups is 1. The van der Waals surface area contributed by atoms with E-state index in [2.05, 4.69) is 21.9 Å². The van der Waals surface area contributed by atoms with E-state index in [0.29, 0.717) is 0 Å². The fraction of sp³-hybridized carbons (Fsp3) is 0.429. The zero-order valence-corrected chi connectivity index (χ0v) is 11.3. The fourth-order valence-corrected chi connectivity index (χ4v) is 2.54. The molecule has 2 heterocycles. The molecule has 0 aliphatic carbocycles. The van der Waals surface area contributed by atoms with E-state index < -0.39 is 0 Å². The van der Waals surface area contributed by atoms with Crippen molar-refractivity contribution < 1.29 is 4.79 Å². The summed E-state index contributed by atoms with van der Waals surface area (Å²) in [6.07, 6.45) is 0. The highest BCUT2D eigenvalue weighted by atomic mass is 16.2. The molecule has 0 spiro atoms. The number of piperazine rings is 1. The minimum Gasteiger partial charge on any atom is -0.352 e. The van der Waals surface area contributed by atoms with E-state index in [9.17, 15) is 4.79 Å². The number of aromatic nitrogens is 2. The van der Waals surface area contributed by atoms with Gasteiger partial charge in [0, 0.05) is 38.5 Å². The van der Waals surface area contributed by atoms with E-state index in [0.717, 1.165) is 42.9 Å². The van der Waals surface area contributed by atoms with Crippen LogP contribution in [0.4, 0.5) is 5.82 Å². The van der Waals surface area contributed by atoms with Crippen molar-refractivity contribution in [3.05, 3.63) is 24.3 Å². The molecule has 5 nitrogen and oxygen atoms in total. The summed E-state index contributed by atoms with van der Waals surface area (Å²) in [4.78, 5) is 16.3. The monoisotopic (exact) mass is 258 g/mol. The lowest BCUT2D eigenvalue weighted by atomic mass is 10.2. The number of likely N-dealkylation sites (N-methyl/N-ethyl adjacent to an activating group) is 1. The molecule has 1 aromatic carbocycles. The molecule has 5 heteroatoms. The molecule has 3 rings (SSSR count). The molecule has 0 amide bonds. The SMILES string of the molecule is CC(=O)n1nc(N2CCN(C)CC2)c2ccccc21. The van der Waals surface area contributed by atoms with Crippen LogP contribution in [0, 0.1) is 0 Å². The lowest BCUT2D eigenvalue weighted by Gasteiger charge is -2.32. The van der Waals surface area contributed by atoms with Gasteiger partial charge in [-0.2, -0.15) is 4.68 Å². The van der Waals surface area contributed by atoms with Crippen LogP contribution >= 0.6 is 0 Å². The van der Waals surface area contributed by atoms with Crippen LogP contribution in [0.15, 0.2) is 24.3 Å². The third-order valence-electron chi connectivity index (χ3n) is 3.67. The maximum absolute atomic E-state index is 11.7. The number of para-hydroxylation sites is 1. The molecule has 0 unspecified atom stereocenters. The Balaban J connectivity index is 2.06. The molecule has 0 atom stereocenters. The summed E-state index contributed by atoms with van der Waals surface area (Å²) in [6.45, 7) is 5.51. The molecule has 0 bridgehead atoms. The first-order valence-corrected chi connectivity index (χ1v) is 6.59. The number of benzene rings is 1. The highest BCUT2D eigenvalue weighted by Gasteiger charge is 2.21. The summed E-state index contributed by atoms with van der Waals surface area (Å²) in [5.41, 5.74) is 0.893. The lowest BCUT2D eigenvalue weighted by Crippen LogP contribution is -2.44. The Morgan fingerprint density at radius 3 is 2.53 bits per heavy atom. The summed E-state index contributed by atoms with van der Waals surface area (Å²) < 4.78 is 1.50. The zero-order chi connectivity index (χ0) is 13.4. The van der Waals surface area contributed by atoms with Gasteiger partial charge in [0.25, 0.3) is 0 Å². The molecular weight excluding hydrogens is 240 g/mol. The molecule has 100 valence electrons. The van der Waals surface area contributed by atoms with Crippen molar-refractivity contribution >= 4 is 22.6 Å². The Bertz CT molecular complexity index is 611. The van der Waals surface area contributed by atoms with Crippen molar-refractivity contribution in [3.8, 4) is 0 Å². The summed E-state index contributed by atoms with van der Waals surface area (Å²) in [5, 5.41) is 5.57. The summed E-state index contributed by atoms with van der Waals surface area (Å²) in [5.74, 6) is 0.885. The second-order valence-electron chi connectivity index (χ2n) is 5.06. The molecule has 2 aromatic rings. The Morgan fingerprint density at radius 1 is 1.16 bits per heavy atom. The molecule has 1 aromatic heterocycles. The van der Waals surface area contributed by atoms with Crippen LogP contribution in [-0.4, -0.2) is 53.8 Å². The number of fused-ring (bicyclic) bond motifs is 1. The van der Waals surface area contributed by atoms with Crippen molar-refractivity contribution in [3.63, 3.8) is 0 Å². The molecule has 0 radical (unpaired) electrons. The first kappa shape index (κ1) is 12.2. The molecule has 1 aliphatic heterocycles. The minimum absolute atomic E-state index is 0.0448. The van der Waals surface area contributed by atoms with E-state index in [1.807, 2.05) is 24.3 Å². The van der Waals surface area contributed by atoms with Gasteiger partial charge in [0.05, 0.1) is 5.52 Å². The first-order chi connectivity index (χ1) is 9.16. The second-order valence-corrected chi connectivity index (χ2v) is 5.06. The summed E-state index contributed by atoms with van der Waals surface area (Å²) >= 11 is 0. The van der Waals surface area contributed by atoms with Gasteiger partial charge in [0.2, 0.25) is 5.91 Å². The smallest absolute Gasteiger partial charge is 0.244 e. The van der Waals surface area contributed by atoms with E-state index in [1.165, 1.54) is 4.68 Å². The van der Waals surface area contributed by atoms with Crippen molar-refractivity contribution in [2.45, 2.75) is 6.92 Å². The number of anilines is 1. The third kappa shape index (κ3) is 2.10. The van der Waals surface area contributed by atoms with Crippen LogP contribution in [0.1, 0.15) is 11.7 Å². The van der Waals surface area contributed by atoms with Crippen LogP contribution < -0.4 is 4.90 Å². The van der Waals surface area contributed by atoms with Crippen LogP contribution in [0.3, 0.4) is 0 Å². The number of carbonyl (C=O) groups excluding carboxylic acids is 1. The largest absolute Gasteiger partial charge is 0.352 e. The van der Waals surface area contributed by atoms with E-state index in [1.54, 1.807) is 6.92 Å². The van der Waals surface area contributed by atoms with Gasteiger partial charge in [-0.1, -0.05) is 12.1 Å². The zero-order valence-electron chi connectivity index (χ0n) is 11.3. The average Bonchev–Trinajstić information content (AvgIpc) is 2.79. The van der Waals surface area contributed by atoms with Gasteiger partial charge < -0.3 is 9.80 Å². The number of hydrogen-bond donors (Lipinski definition) is 0. The van der Waals surface area contributed by atoms with Crippen molar-refractivity contribution in [1.29, 1.82) is 0 Å². The highest BCUT2D eigenvalue weighted by molar-refractivity contribution is 5.96. The topological polar surface area (TPSA) is 41.4 Å². The standard InChI is InChI=1S/C14H18N4O/c1-11(19)18-13-6-4-3-5-12(13)14(15-18)17-9-7-16(2)8-10-17/h3-6H,7-10H2,1-2H3. The summed E-state index contributed by atoms with van der Waals surface area (Å²) in [7, 11) is 2.13. The molecule has 19 heavy (non-hydrogen) atoms. The summed E-state index contributed by atoms with van der Waals surface area (Å²) in [6, 6.07) is 7.92. The van der Waals surface area contributed by atoms with Gasteiger partial charge in [-0.15, -0.1) is 5.10 Å². The maximum Gasteiger partial charge on any atom is 0.244 e. The third-order valence-corrected chi connectivity index (χ3v) is 3.67. The van der Waals surface area contributed by atoms with Gasteiger partial charge in [0.15, 0.2) is 5.82 Å². The van der Waals surface area contributed by atoms with Crippen LogP contribution in [-0.2, 0) is 0 Å². The number of hydrogen-bond acceptors (Lipinski definition) is 4. The molecule has 0 saturated carbocycles. The number of rotatable bonds is 1. The van der Waals surface area contributed by atoms with Crippen molar-refractivity contribution in [1.82, 2.24) is 14.7 Å². The fourth-order valence-electron chi connectivity index (χ4n) is 2.54. The van der Waals surface area contributed by atoms with E-state index >= 15 is 0 Å². The highest BCUT2D eigenvalue weighted by Crippen LogP contribution is 2.26. The van der Waals surface area contributed by atoms with Crippen LogP contribution in [0.25, 0.3) is 10.9 Å². The van der Waals surface area contributed by atoms with Gasteiger partial charge in [-0.3, -0.25) is 4.79 Å². The predicted octanol–water partition coefficient (Wildman–Crippen LogP) is 1.45. The molecular formula is C14H18N4O. The van der Waals surface area contributed by atoms with Gasteiger partial charge in [-0.25, -0.2) is 0 Å². The molecule has 1 aliphatic rings.